The molecule has 7 nitrogen and oxygen atoms in total. The van der Waals surface area contributed by atoms with Gasteiger partial charge in [-0.1, -0.05) is 23.7 Å². The lowest BCUT2D eigenvalue weighted by Gasteiger charge is -2.28. The zero-order valence-electron chi connectivity index (χ0n) is 12.9. The first kappa shape index (κ1) is 16.1. The number of allylic oxidation sites excluding steroid dienone is 1. The third-order valence-electron chi connectivity index (χ3n) is 3.86. The highest BCUT2D eigenvalue weighted by Gasteiger charge is 2.35. The highest BCUT2D eigenvalue weighted by Crippen LogP contribution is 2.39. The van der Waals surface area contributed by atoms with Crippen LogP contribution < -0.4 is 16.6 Å². The Hall–Kier alpha value is -2.80. The fourth-order valence-corrected chi connectivity index (χ4v) is 3.08. The van der Waals surface area contributed by atoms with Crippen LogP contribution in [0.15, 0.2) is 45.1 Å². The Labute approximate surface area is 141 Å². The maximum atomic E-state index is 12.4. The molecule has 24 heavy (non-hydrogen) atoms. The van der Waals surface area contributed by atoms with Crippen molar-refractivity contribution in [1.82, 2.24) is 9.97 Å². The molecule has 1 aromatic heterocycles. The van der Waals surface area contributed by atoms with Gasteiger partial charge in [0.1, 0.15) is 5.82 Å². The second-order valence-corrected chi connectivity index (χ2v) is 5.78. The van der Waals surface area contributed by atoms with Gasteiger partial charge < -0.3 is 10.1 Å². The van der Waals surface area contributed by atoms with Gasteiger partial charge in [0, 0.05) is 10.7 Å². The SMILES string of the molecule is COC(=O)C1=C(C)Nc2[nH]c(=O)[nH]c(=O)c2C1c1cccc(Cl)c1. The van der Waals surface area contributed by atoms with Crippen molar-refractivity contribution in [3.63, 3.8) is 0 Å². The standard InChI is InChI=1S/C16H14ClN3O4/c1-7-10(15(22)24-2)11(8-4-3-5-9(17)6-8)12-13(18-7)19-16(23)20-14(12)21/h3-6,11H,1-2H3,(H3,18,19,20,21,23). The molecule has 3 N–H and O–H groups in total. The summed E-state index contributed by atoms with van der Waals surface area (Å²) in [6, 6.07) is 6.84. The molecule has 1 atom stereocenters. The van der Waals surface area contributed by atoms with E-state index in [0.29, 0.717) is 16.3 Å². The Balaban J connectivity index is 2.34. The molecule has 0 amide bonds. The molecule has 0 radical (unpaired) electrons. The van der Waals surface area contributed by atoms with Crippen LogP contribution in [-0.2, 0) is 9.53 Å². The summed E-state index contributed by atoms with van der Waals surface area (Å²) in [5, 5.41) is 3.36. The van der Waals surface area contributed by atoms with Gasteiger partial charge in [0.05, 0.1) is 24.2 Å². The third-order valence-corrected chi connectivity index (χ3v) is 4.10. The summed E-state index contributed by atoms with van der Waals surface area (Å²) >= 11 is 6.06. The fourth-order valence-electron chi connectivity index (χ4n) is 2.89. The number of ether oxygens (including phenoxy) is 1. The van der Waals surface area contributed by atoms with Crippen LogP contribution >= 0.6 is 11.6 Å². The average molecular weight is 348 g/mol. The van der Waals surface area contributed by atoms with Crippen molar-refractivity contribution in [2.75, 3.05) is 12.4 Å². The minimum Gasteiger partial charge on any atom is -0.466 e. The number of carbonyl (C=O) groups excluding carboxylic acids is 1. The lowest BCUT2D eigenvalue weighted by atomic mass is 9.82. The summed E-state index contributed by atoms with van der Waals surface area (Å²) in [6.07, 6.45) is 0. The predicted molar refractivity (Wildman–Crippen MR) is 89.3 cm³/mol. The van der Waals surface area contributed by atoms with Gasteiger partial charge in [0.2, 0.25) is 0 Å². The number of halogens is 1. The Bertz CT molecular complexity index is 974. The number of esters is 1. The van der Waals surface area contributed by atoms with Crippen LogP contribution in [0.2, 0.25) is 5.02 Å². The van der Waals surface area contributed by atoms with Crippen molar-refractivity contribution < 1.29 is 9.53 Å². The first-order chi connectivity index (χ1) is 11.4. The first-order valence-electron chi connectivity index (χ1n) is 7.10. The molecule has 2 heterocycles. The molecule has 8 heteroatoms. The Kier molecular flexibility index (Phi) is 4.02. The fraction of sp³-hybridized carbons (Fsp3) is 0.188. The minimum absolute atomic E-state index is 0.225. The van der Waals surface area contributed by atoms with Crippen LogP contribution in [0.1, 0.15) is 24.0 Å². The van der Waals surface area contributed by atoms with Crippen molar-refractivity contribution in [1.29, 1.82) is 0 Å². The van der Waals surface area contributed by atoms with Gasteiger partial charge in [-0.2, -0.15) is 0 Å². The predicted octanol–water partition coefficient (Wildman–Crippen LogP) is 1.72. The Morgan fingerprint density at radius 1 is 1.25 bits per heavy atom. The first-order valence-corrected chi connectivity index (χ1v) is 7.48. The van der Waals surface area contributed by atoms with E-state index in [4.69, 9.17) is 16.3 Å². The van der Waals surface area contributed by atoms with Gasteiger partial charge in [-0.25, -0.2) is 9.59 Å². The number of rotatable bonds is 2. The smallest absolute Gasteiger partial charge is 0.336 e. The van der Waals surface area contributed by atoms with Crippen molar-refractivity contribution >= 4 is 23.4 Å². The van der Waals surface area contributed by atoms with E-state index < -0.39 is 23.1 Å². The highest BCUT2D eigenvalue weighted by atomic mass is 35.5. The molecule has 2 aromatic rings. The van der Waals surface area contributed by atoms with Gasteiger partial charge in [-0.3, -0.25) is 14.8 Å². The van der Waals surface area contributed by atoms with Crippen LogP contribution in [0.4, 0.5) is 5.82 Å². The van der Waals surface area contributed by atoms with Crippen molar-refractivity contribution in [2.45, 2.75) is 12.8 Å². The number of hydrogen-bond donors (Lipinski definition) is 3. The largest absolute Gasteiger partial charge is 0.466 e. The van der Waals surface area contributed by atoms with Gasteiger partial charge >= 0.3 is 11.7 Å². The Morgan fingerprint density at radius 3 is 2.67 bits per heavy atom. The summed E-state index contributed by atoms with van der Waals surface area (Å²) in [5.41, 5.74) is 0.418. The molecule has 1 aliphatic heterocycles. The summed E-state index contributed by atoms with van der Waals surface area (Å²) in [5.74, 6) is -1.03. The minimum atomic E-state index is -0.715. The number of carbonyl (C=O) groups is 1. The summed E-state index contributed by atoms with van der Waals surface area (Å²) in [6.45, 7) is 1.67. The Morgan fingerprint density at radius 2 is 2.00 bits per heavy atom. The molecule has 1 aliphatic rings. The van der Waals surface area contributed by atoms with E-state index in [9.17, 15) is 14.4 Å². The van der Waals surface area contributed by atoms with E-state index >= 15 is 0 Å². The van der Waals surface area contributed by atoms with Crippen molar-refractivity contribution in [3.05, 3.63) is 72.5 Å². The number of fused-ring (bicyclic) bond motifs is 1. The quantitative estimate of drug-likeness (QED) is 0.718. The van der Waals surface area contributed by atoms with E-state index in [0.717, 1.165) is 0 Å². The average Bonchev–Trinajstić information content (AvgIpc) is 2.52. The molecule has 0 bridgehead atoms. The molecular weight excluding hydrogens is 334 g/mol. The molecule has 124 valence electrons. The normalized spacial score (nSPS) is 16.4. The number of benzene rings is 1. The monoisotopic (exact) mass is 347 g/mol. The van der Waals surface area contributed by atoms with E-state index in [-0.39, 0.29) is 17.0 Å². The number of H-pyrrole nitrogens is 2. The molecule has 1 unspecified atom stereocenters. The zero-order chi connectivity index (χ0) is 17.4. The maximum absolute atomic E-state index is 12.4. The van der Waals surface area contributed by atoms with E-state index in [1.165, 1.54) is 7.11 Å². The van der Waals surface area contributed by atoms with Gasteiger partial charge in [-0.05, 0) is 24.6 Å². The van der Waals surface area contributed by atoms with E-state index in [2.05, 4.69) is 15.3 Å². The highest BCUT2D eigenvalue weighted by molar-refractivity contribution is 6.30. The second-order valence-electron chi connectivity index (χ2n) is 5.34. The molecule has 0 saturated carbocycles. The number of aromatic nitrogens is 2. The number of nitrogens with one attached hydrogen (secondary N) is 3. The topological polar surface area (TPSA) is 104 Å². The summed E-state index contributed by atoms with van der Waals surface area (Å²) in [7, 11) is 1.27. The molecule has 1 aromatic carbocycles. The van der Waals surface area contributed by atoms with Crippen LogP contribution in [0.3, 0.4) is 0 Å². The molecule has 3 rings (SSSR count). The number of aromatic amines is 2. The third kappa shape index (κ3) is 2.63. The van der Waals surface area contributed by atoms with E-state index in [1.807, 2.05) is 0 Å². The van der Waals surface area contributed by atoms with Gasteiger partial charge in [-0.15, -0.1) is 0 Å². The number of anilines is 1. The molecule has 0 saturated heterocycles. The number of hydrogen-bond acceptors (Lipinski definition) is 5. The van der Waals surface area contributed by atoms with E-state index in [1.54, 1.807) is 31.2 Å². The molecule has 0 aliphatic carbocycles. The molecular formula is C16H14ClN3O4. The van der Waals surface area contributed by atoms with Gasteiger partial charge in [0.25, 0.3) is 5.56 Å². The lowest BCUT2D eigenvalue weighted by Crippen LogP contribution is -2.34. The van der Waals surface area contributed by atoms with Gasteiger partial charge in [0.15, 0.2) is 0 Å². The maximum Gasteiger partial charge on any atom is 0.336 e. The summed E-state index contributed by atoms with van der Waals surface area (Å²) < 4.78 is 4.87. The van der Waals surface area contributed by atoms with Crippen LogP contribution in [-0.4, -0.2) is 23.0 Å². The zero-order valence-corrected chi connectivity index (χ0v) is 13.7. The van der Waals surface area contributed by atoms with Crippen molar-refractivity contribution in [3.8, 4) is 0 Å². The van der Waals surface area contributed by atoms with Crippen LogP contribution in [0, 0.1) is 0 Å². The molecule has 0 spiro atoms. The van der Waals surface area contributed by atoms with Crippen LogP contribution in [0.25, 0.3) is 0 Å². The molecule has 0 fully saturated rings. The second kappa shape index (κ2) is 6.01. The van der Waals surface area contributed by atoms with Crippen LogP contribution in [0.5, 0.6) is 0 Å². The summed E-state index contributed by atoms with van der Waals surface area (Å²) in [4.78, 5) is 41.0. The lowest BCUT2D eigenvalue weighted by molar-refractivity contribution is -0.136. The number of methoxy groups -OCH3 is 1. The van der Waals surface area contributed by atoms with Crippen molar-refractivity contribution in [2.24, 2.45) is 0 Å².